The summed E-state index contributed by atoms with van der Waals surface area (Å²) in [4.78, 5) is 26.3. The first-order chi connectivity index (χ1) is 10.0. The molecule has 2 unspecified atom stereocenters. The Morgan fingerprint density at radius 3 is 2.76 bits per heavy atom. The van der Waals surface area contributed by atoms with E-state index in [0.29, 0.717) is 19.5 Å². The number of rotatable bonds is 5. The lowest BCUT2D eigenvalue weighted by Gasteiger charge is -2.23. The third kappa shape index (κ3) is 3.77. The number of amides is 1. The summed E-state index contributed by atoms with van der Waals surface area (Å²) in [5.74, 6) is -1.24. The molecule has 1 amide bonds. The molecule has 1 aliphatic heterocycles. The van der Waals surface area contributed by atoms with Crippen LogP contribution in [0.1, 0.15) is 13.3 Å². The van der Waals surface area contributed by atoms with Crippen LogP contribution < -0.4 is 5.32 Å². The molecular formula is C15H20N2O3S. The third-order valence-corrected chi connectivity index (χ3v) is 4.66. The molecular weight excluding hydrogens is 288 g/mol. The third-order valence-electron chi connectivity index (χ3n) is 3.86. The summed E-state index contributed by atoms with van der Waals surface area (Å²) >= 11 is 1.58. The summed E-state index contributed by atoms with van der Waals surface area (Å²) in [5, 5.41) is 12.0. The predicted molar refractivity (Wildman–Crippen MR) is 83.6 cm³/mol. The lowest BCUT2D eigenvalue weighted by atomic mass is 10.1. The Bertz CT molecular complexity index is 535. The van der Waals surface area contributed by atoms with E-state index in [1.165, 1.54) is 0 Å². The van der Waals surface area contributed by atoms with E-state index in [0.717, 1.165) is 10.6 Å². The van der Waals surface area contributed by atoms with Gasteiger partial charge in [0.25, 0.3) is 0 Å². The highest BCUT2D eigenvalue weighted by Gasteiger charge is 2.33. The SMILES string of the molecule is CSc1ccccc1NC(=O)C(C)N1CCC(C(=O)O)C1. The molecule has 5 nitrogen and oxygen atoms in total. The van der Waals surface area contributed by atoms with Crippen LogP contribution in [0.4, 0.5) is 5.69 Å². The molecule has 114 valence electrons. The second-order valence-corrected chi connectivity index (χ2v) is 6.03. The van der Waals surface area contributed by atoms with Crippen LogP contribution in [-0.4, -0.2) is 47.3 Å². The highest BCUT2D eigenvalue weighted by molar-refractivity contribution is 7.98. The Kier molecular flexibility index (Phi) is 5.25. The number of anilines is 1. The Balaban J connectivity index is 1.99. The standard InChI is InChI=1S/C15H20N2O3S/c1-10(17-8-7-11(9-17)15(19)20)14(18)16-12-5-3-4-6-13(12)21-2/h3-6,10-11H,7-9H2,1-2H3,(H,16,18)(H,19,20). The summed E-state index contributed by atoms with van der Waals surface area (Å²) < 4.78 is 0. The van der Waals surface area contributed by atoms with Gasteiger partial charge in [0.1, 0.15) is 0 Å². The normalized spacial score (nSPS) is 20.2. The zero-order chi connectivity index (χ0) is 15.4. The summed E-state index contributed by atoms with van der Waals surface area (Å²) in [6, 6.07) is 7.32. The van der Waals surface area contributed by atoms with Crippen molar-refractivity contribution in [2.75, 3.05) is 24.7 Å². The minimum atomic E-state index is -0.780. The first-order valence-electron chi connectivity index (χ1n) is 6.93. The molecule has 0 aromatic heterocycles. The lowest BCUT2D eigenvalue weighted by Crippen LogP contribution is -2.41. The maximum absolute atomic E-state index is 12.3. The van der Waals surface area contributed by atoms with Crippen LogP contribution in [-0.2, 0) is 9.59 Å². The van der Waals surface area contributed by atoms with Crippen molar-refractivity contribution in [1.82, 2.24) is 4.90 Å². The molecule has 1 fully saturated rings. The molecule has 0 saturated carbocycles. The van der Waals surface area contributed by atoms with Crippen LogP contribution in [0.15, 0.2) is 29.2 Å². The molecule has 1 aliphatic rings. The first-order valence-corrected chi connectivity index (χ1v) is 8.16. The van der Waals surface area contributed by atoms with Crippen LogP contribution in [0.25, 0.3) is 0 Å². The van der Waals surface area contributed by atoms with Gasteiger partial charge in [-0.1, -0.05) is 12.1 Å². The number of hydrogen-bond donors (Lipinski definition) is 2. The summed E-state index contributed by atoms with van der Waals surface area (Å²) in [6.07, 6.45) is 2.57. The van der Waals surface area contributed by atoms with Crippen molar-refractivity contribution in [1.29, 1.82) is 0 Å². The molecule has 0 bridgehead atoms. The van der Waals surface area contributed by atoms with E-state index >= 15 is 0 Å². The minimum Gasteiger partial charge on any atom is -0.481 e. The molecule has 1 saturated heterocycles. The van der Waals surface area contributed by atoms with Crippen LogP contribution in [0.5, 0.6) is 0 Å². The van der Waals surface area contributed by atoms with Crippen molar-refractivity contribution < 1.29 is 14.7 Å². The number of benzene rings is 1. The maximum Gasteiger partial charge on any atom is 0.307 e. The molecule has 6 heteroatoms. The zero-order valence-electron chi connectivity index (χ0n) is 12.2. The number of carboxylic acids is 1. The van der Waals surface area contributed by atoms with Gasteiger partial charge in [-0.25, -0.2) is 0 Å². The highest BCUT2D eigenvalue weighted by atomic mass is 32.2. The van der Waals surface area contributed by atoms with E-state index in [-0.39, 0.29) is 17.9 Å². The Hall–Kier alpha value is -1.53. The van der Waals surface area contributed by atoms with Gasteiger partial charge in [-0.05, 0) is 38.3 Å². The molecule has 0 aliphatic carbocycles. The number of nitrogens with zero attached hydrogens (tertiary/aromatic N) is 1. The van der Waals surface area contributed by atoms with E-state index in [1.54, 1.807) is 11.8 Å². The number of para-hydroxylation sites is 1. The van der Waals surface area contributed by atoms with Gasteiger partial charge in [-0.2, -0.15) is 0 Å². The summed E-state index contributed by atoms with van der Waals surface area (Å²) in [5.41, 5.74) is 0.802. The van der Waals surface area contributed by atoms with Gasteiger partial charge < -0.3 is 10.4 Å². The van der Waals surface area contributed by atoms with Gasteiger partial charge in [0, 0.05) is 11.4 Å². The molecule has 1 heterocycles. The van der Waals surface area contributed by atoms with E-state index in [2.05, 4.69) is 5.32 Å². The fourth-order valence-electron chi connectivity index (χ4n) is 2.49. The Morgan fingerprint density at radius 2 is 2.14 bits per heavy atom. The molecule has 2 N–H and O–H groups in total. The lowest BCUT2D eigenvalue weighted by molar-refractivity contribution is -0.141. The predicted octanol–water partition coefficient (Wildman–Crippen LogP) is 2.14. The average Bonchev–Trinajstić information content (AvgIpc) is 2.97. The van der Waals surface area contributed by atoms with E-state index in [1.807, 2.05) is 42.3 Å². The molecule has 1 aromatic rings. The number of thioether (sulfide) groups is 1. The van der Waals surface area contributed by atoms with E-state index < -0.39 is 5.97 Å². The number of likely N-dealkylation sites (tertiary alicyclic amines) is 1. The Labute approximate surface area is 128 Å². The molecule has 2 atom stereocenters. The monoisotopic (exact) mass is 308 g/mol. The fourth-order valence-corrected chi connectivity index (χ4v) is 3.05. The fraction of sp³-hybridized carbons (Fsp3) is 0.467. The van der Waals surface area contributed by atoms with Crippen molar-refractivity contribution in [3.8, 4) is 0 Å². The zero-order valence-corrected chi connectivity index (χ0v) is 13.0. The van der Waals surface area contributed by atoms with Gasteiger partial charge in [0.05, 0.1) is 17.6 Å². The molecule has 2 rings (SSSR count). The van der Waals surface area contributed by atoms with Crippen molar-refractivity contribution in [2.24, 2.45) is 5.92 Å². The van der Waals surface area contributed by atoms with Crippen LogP contribution in [0.2, 0.25) is 0 Å². The summed E-state index contributed by atoms with van der Waals surface area (Å²) in [7, 11) is 0. The number of nitrogens with one attached hydrogen (secondary N) is 1. The van der Waals surface area contributed by atoms with Gasteiger partial charge >= 0.3 is 5.97 Å². The molecule has 21 heavy (non-hydrogen) atoms. The molecule has 0 radical (unpaired) electrons. The minimum absolute atomic E-state index is 0.0949. The van der Waals surface area contributed by atoms with E-state index in [9.17, 15) is 9.59 Å². The maximum atomic E-state index is 12.3. The number of carboxylic acid groups (broad SMARTS) is 1. The summed E-state index contributed by atoms with van der Waals surface area (Å²) in [6.45, 7) is 2.91. The van der Waals surface area contributed by atoms with Gasteiger partial charge in [0.2, 0.25) is 5.91 Å². The largest absolute Gasteiger partial charge is 0.481 e. The second kappa shape index (κ2) is 6.95. The number of carbonyl (C=O) groups is 2. The number of aliphatic carboxylic acids is 1. The van der Waals surface area contributed by atoms with Crippen molar-refractivity contribution >= 4 is 29.3 Å². The van der Waals surface area contributed by atoms with Gasteiger partial charge in [0.15, 0.2) is 0 Å². The molecule has 1 aromatic carbocycles. The second-order valence-electron chi connectivity index (χ2n) is 5.18. The Morgan fingerprint density at radius 1 is 1.43 bits per heavy atom. The molecule has 0 spiro atoms. The number of carbonyl (C=O) groups excluding carboxylic acids is 1. The van der Waals surface area contributed by atoms with Crippen molar-refractivity contribution in [3.63, 3.8) is 0 Å². The van der Waals surface area contributed by atoms with E-state index in [4.69, 9.17) is 5.11 Å². The van der Waals surface area contributed by atoms with Crippen LogP contribution >= 0.6 is 11.8 Å². The smallest absolute Gasteiger partial charge is 0.307 e. The number of hydrogen-bond acceptors (Lipinski definition) is 4. The van der Waals surface area contributed by atoms with Crippen LogP contribution in [0.3, 0.4) is 0 Å². The first kappa shape index (κ1) is 15.9. The highest BCUT2D eigenvalue weighted by Crippen LogP contribution is 2.25. The quantitative estimate of drug-likeness (QED) is 0.816. The van der Waals surface area contributed by atoms with Gasteiger partial charge in [-0.15, -0.1) is 11.8 Å². The van der Waals surface area contributed by atoms with Gasteiger partial charge in [-0.3, -0.25) is 14.5 Å². The van der Waals surface area contributed by atoms with Crippen molar-refractivity contribution in [3.05, 3.63) is 24.3 Å². The topological polar surface area (TPSA) is 69.6 Å². The average molecular weight is 308 g/mol. The van der Waals surface area contributed by atoms with Crippen LogP contribution in [0, 0.1) is 5.92 Å². The van der Waals surface area contributed by atoms with Crippen molar-refractivity contribution in [2.45, 2.75) is 24.3 Å².